The number of phenolic OH excluding ortho intramolecular Hbond substituents is 1. The maximum absolute atomic E-state index is 12.4. The van der Waals surface area contributed by atoms with Crippen LogP contribution in [-0.2, 0) is 0 Å². The molecule has 0 aromatic heterocycles. The van der Waals surface area contributed by atoms with E-state index in [4.69, 9.17) is 5.11 Å². The molecule has 62 valence electrons. The van der Waals surface area contributed by atoms with Crippen molar-refractivity contribution in [3.8, 4) is 5.75 Å². The topological polar surface area (TPSA) is 20.2 Å². The molecule has 1 nitrogen and oxygen atoms in total. The fraction of sp³-hybridized carbons (Fsp3) is 0.250. The molecule has 1 aromatic rings. The van der Waals surface area contributed by atoms with Gasteiger partial charge in [-0.25, -0.2) is 4.39 Å². The van der Waals surface area contributed by atoms with E-state index in [9.17, 15) is 4.39 Å². The highest BCUT2D eigenvalue weighted by atomic mass is 79.9. The van der Waals surface area contributed by atoms with Gasteiger partial charge in [0.25, 0.3) is 0 Å². The molecule has 1 N–H and O–H groups in total. The summed E-state index contributed by atoms with van der Waals surface area (Å²) in [5, 5.41) is 8.68. The largest absolute Gasteiger partial charge is 0.508 e. The lowest BCUT2D eigenvalue weighted by Gasteiger charge is -1.92. The molecule has 0 amide bonds. The predicted octanol–water partition coefficient (Wildman–Crippen LogP) is 3.32. The van der Waals surface area contributed by atoms with Gasteiger partial charge in [-0.2, -0.15) is 0 Å². The molecule has 1 aromatic carbocycles. The molecule has 11 heavy (non-hydrogen) atoms. The van der Waals surface area contributed by atoms with Gasteiger partial charge in [-0.3, -0.25) is 0 Å². The Morgan fingerprint density at radius 1 is 1.36 bits per heavy atom. The summed E-state index contributed by atoms with van der Waals surface area (Å²) >= 11 is 2.94. The lowest BCUT2D eigenvalue weighted by Crippen LogP contribution is -1.73. The number of rotatable bonds is 0. The summed E-state index contributed by atoms with van der Waals surface area (Å²) in [6.07, 6.45) is 0. The van der Waals surface area contributed by atoms with Crippen LogP contribution in [-0.4, -0.2) is 5.11 Å². The van der Waals surface area contributed by atoms with E-state index in [-0.39, 0.29) is 5.75 Å². The Morgan fingerprint density at radius 3 is 2.27 bits per heavy atom. The van der Waals surface area contributed by atoms with Gasteiger partial charge in [0.15, 0.2) is 0 Å². The first-order valence-electron chi connectivity index (χ1n) is 3.34. The van der Waals surface area contributed by atoms with Crippen LogP contribution in [0.2, 0.25) is 0 Å². The van der Waals surface area contributed by atoms with Crippen molar-refractivity contribution in [3.05, 3.63) is 28.5 Å². The minimum Gasteiger partial charge on any atom is -0.508 e. The smallest absolute Gasteiger partial charge is 0.141 e. The fourth-order valence-corrected chi connectivity index (χ4v) is 0.732. The van der Waals surface area contributed by atoms with Crippen molar-refractivity contribution in [3.63, 3.8) is 0 Å². The highest BCUT2D eigenvalue weighted by molar-refractivity contribution is 9.10. The van der Waals surface area contributed by atoms with Gasteiger partial charge in [-0.05, 0) is 28.1 Å². The first-order chi connectivity index (χ1) is 5.20. The number of phenols is 1. The van der Waals surface area contributed by atoms with Gasteiger partial charge in [-0.15, -0.1) is 0 Å². The van der Waals surface area contributed by atoms with Crippen molar-refractivity contribution in [2.24, 2.45) is 0 Å². The third kappa shape index (κ3) is 3.37. The van der Waals surface area contributed by atoms with Crippen molar-refractivity contribution in [1.29, 1.82) is 0 Å². The minimum atomic E-state index is -0.449. The van der Waals surface area contributed by atoms with Gasteiger partial charge in [0.1, 0.15) is 11.6 Å². The number of benzene rings is 1. The normalized spacial score (nSPS) is 8.36. The molecular formula is C8H10BrFO. The van der Waals surface area contributed by atoms with Crippen molar-refractivity contribution < 1.29 is 9.50 Å². The van der Waals surface area contributed by atoms with Crippen LogP contribution in [0.5, 0.6) is 5.75 Å². The Kier molecular flexibility index (Phi) is 4.86. The second-order valence-corrected chi connectivity index (χ2v) is 2.45. The zero-order valence-corrected chi connectivity index (χ0v) is 8.02. The van der Waals surface area contributed by atoms with Crippen LogP contribution >= 0.6 is 15.9 Å². The Balaban J connectivity index is 0.000000461. The minimum absolute atomic E-state index is 0.0595. The zero-order valence-electron chi connectivity index (χ0n) is 6.44. The molecule has 0 radical (unpaired) electrons. The summed E-state index contributed by atoms with van der Waals surface area (Å²) in [5.41, 5.74) is 0. The number of hydrogen-bond acceptors (Lipinski definition) is 1. The maximum atomic E-state index is 12.4. The van der Waals surface area contributed by atoms with Gasteiger partial charge in [0.2, 0.25) is 0 Å². The fourth-order valence-electron chi connectivity index (χ4n) is 0.485. The van der Waals surface area contributed by atoms with E-state index in [1.165, 1.54) is 12.1 Å². The number of aromatic hydroxyl groups is 1. The summed E-state index contributed by atoms with van der Waals surface area (Å²) in [6.45, 7) is 4.00. The molecule has 0 atom stereocenters. The molecule has 3 heteroatoms. The van der Waals surface area contributed by atoms with Crippen molar-refractivity contribution in [2.75, 3.05) is 0 Å². The van der Waals surface area contributed by atoms with Gasteiger partial charge >= 0.3 is 0 Å². The summed E-state index contributed by atoms with van der Waals surface area (Å²) in [6, 6.07) is 3.90. The van der Waals surface area contributed by atoms with Crippen LogP contribution in [0.4, 0.5) is 4.39 Å². The molecule has 0 aliphatic carbocycles. The molecule has 0 fully saturated rings. The molecule has 0 heterocycles. The van der Waals surface area contributed by atoms with E-state index in [2.05, 4.69) is 15.9 Å². The summed E-state index contributed by atoms with van der Waals surface area (Å²) in [7, 11) is 0. The molecule has 0 aliphatic rings. The van der Waals surface area contributed by atoms with Gasteiger partial charge < -0.3 is 5.11 Å². The van der Waals surface area contributed by atoms with Crippen LogP contribution in [0.3, 0.4) is 0 Å². The average molecular weight is 221 g/mol. The highest BCUT2D eigenvalue weighted by Gasteiger charge is 1.96. The number of halogens is 2. The summed E-state index contributed by atoms with van der Waals surface area (Å²) in [5.74, 6) is -0.509. The van der Waals surface area contributed by atoms with Crippen LogP contribution in [0.25, 0.3) is 0 Å². The highest BCUT2D eigenvalue weighted by Crippen LogP contribution is 2.19. The van der Waals surface area contributed by atoms with Crippen molar-refractivity contribution in [2.45, 2.75) is 13.8 Å². The third-order valence-corrected chi connectivity index (χ3v) is 1.55. The second-order valence-electron chi connectivity index (χ2n) is 1.60. The van der Waals surface area contributed by atoms with Crippen LogP contribution < -0.4 is 0 Å². The van der Waals surface area contributed by atoms with E-state index in [1.807, 2.05) is 13.8 Å². The lowest BCUT2D eigenvalue weighted by atomic mass is 10.3. The quantitative estimate of drug-likeness (QED) is 0.712. The first-order valence-corrected chi connectivity index (χ1v) is 4.13. The lowest BCUT2D eigenvalue weighted by molar-refractivity contribution is 0.468. The van der Waals surface area contributed by atoms with Gasteiger partial charge in [0.05, 0.1) is 4.47 Å². The summed E-state index contributed by atoms with van der Waals surface area (Å²) < 4.78 is 12.7. The van der Waals surface area contributed by atoms with E-state index in [0.717, 1.165) is 6.07 Å². The zero-order chi connectivity index (χ0) is 8.85. The van der Waals surface area contributed by atoms with E-state index in [0.29, 0.717) is 4.47 Å². The standard InChI is InChI=1S/C6H4BrFO.C2H6/c7-5-2-1-4(9)3-6(5)8;1-2/h1-3,9H;1-2H3. The molecular weight excluding hydrogens is 211 g/mol. The molecule has 0 aliphatic heterocycles. The van der Waals surface area contributed by atoms with Crippen LogP contribution in [0, 0.1) is 5.82 Å². The van der Waals surface area contributed by atoms with E-state index in [1.54, 1.807) is 0 Å². The van der Waals surface area contributed by atoms with Crippen molar-refractivity contribution in [1.82, 2.24) is 0 Å². The van der Waals surface area contributed by atoms with Crippen LogP contribution in [0.1, 0.15) is 13.8 Å². The van der Waals surface area contributed by atoms with E-state index < -0.39 is 5.82 Å². The van der Waals surface area contributed by atoms with Crippen LogP contribution in [0.15, 0.2) is 22.7 Å². The van der Waals surface area contributed by atoms with Gasteiger partial charge in [0, 0.05) is 6.07 Å². The number of hydrogen-bond donors (Lipinski definition) is 1. The average Bonchev–Trinajstić information content (AvgIpc) is 2.02. The third-order valence-electron chi connectivity index (χ3n) is 0.903. The molecule has 0 bridgehead atoms. The molecule has 0 spiro atoms. The first kappa shape index (κ1) is 10.4. The Bertz CT molecular complexity index is 225. The second kappa shape index (κ2) is 5.13. The Hall–Kier alpha value is -0.570. The predicted molar refractivity (Wildman–Crippen MR) is 47.1 cm³/mol. The Labute approximate surface area is 74.0 Å². The monoisotopic (exact) mass is 220 g/mol. The summed E-state index contributed by atoms with van der Waals surface area (Å²) in [4.78, 5) is 0. The Morgan fingerprint density at radius 2 is 1.91 bits per heavy atom. The molecule has 0 unspecified atom stereocenters. The molecule has 0 saturated carbocycles. The van der Waals surface area contributed by atoms with Gasteiger partial charge in [-0.1, -0.05) is 13.8 Å². The van der Waals surface area contributed by atoms with Crippen molar-refractivity contribution >= 4 is 15.9 Å². The maximum Gasteiger partial charge on any atom is 0.141 e. The molecule has 0 saturated heterocycles. The molecule has 1 rings (SSSR count). The SMILES string of the molecule is CC.Oc1ccc(Br)c(F)c1. The van der Waals surface area contributed by atoms with E-state index >= 15 is 0 Å².